The number of hydrazone groups is 1. The molecule has 0 aliphatic rings. The number of fused-ring (bicyclic) bond motifs is 1. The zero-order chi connectivity index (χ0) is 16.6. The molecule has 24 heavy (non-hydrogen) atoms. The van der Waals surface area contributed by atoms with Crippen molar-refractivity contribution < 1.29 is 9.21 Å². The number of para-hydroxylation sites is 2. The van der Waals surface area contributed by atoms with E-state index < -0.39 is 0 Å². The minimum Gasteiger partial charge on any atom is -0.431 e. The lowest BCUT2D eigenvalue weighted by Crippen LogP contribution is -2.19. The van der Waals surface area contributed by atoms with Gasteiger partial charge in [-0.25, -0.2) is 10.4 Å². The van der Waals surface area contributed by atoms with Crippen LogP contribution in [0.15, 0.2) is 75.4 Å². The van der Waals surface area contributed by atoms with Gasteiger partial charge in [0, 0.05) is 6.21 Å². The first-order valence-electron chi connectivity index (χ1n) is 7.33. The van der Waals surface area contributed by atoms with Crippen LogP contribution in [0, 0.1) is 0 Å². The molecular weight excluding hydrogens is 322 g/mol. The summed E-state index contributed by atoms with van der Waals surface area (Å²) >= 11 is 1.23. The highest BCUT2D eigenvalue weighted by Gasteiger charge is 2.08. The fourth-order valence-corrected chi connectivity index (χ4v) is 2.57. The number of amides is 1. The summed E-state index contributed by atoms with van der Waals surface area (Å²) in [6.07, 6.45) is 5.21. The van der Waals surface area contributed by atoms with Crippen LogP contribution in [0.3, 0.4) is 0 Å². The lowest BCUT2D eigenvalue weighted by Gasteiger charge is -1.96. The van der Waals surface area contributed by atoms with Gasteiger partial charge in [0.05, 0.1) is 5.75 Å². The largest absolute Gasteiger partial charge is 0.431 e. The number of allylic oxidation sites excluding steroid dienone is 1. The molecule has 0 saturated carbocycles. The highest BCUT2D eigenvalue weighted by atomic mass is 32.2. The van der Waals surface area contributed by atoms with Crippen LogP contribution >= 0.6 is 11.8 Å². The van der Waals surface area contributed by atoms with Gasteiger partial charge in [0.1, 0.15) is 5.52 Å². The topological polar surface area (TPSA) is 67.5 Å². The summed E-state index contributed by atoms with van der Waals surface area (Å²) in [5.74, 6) is -0.0290. The Labute approximate surface area is 143 Å². The fraction of sp³-hybridized carbons (Fsp3) is 0.0556. The zero-order valence-corrected chi connectivity index (χ0v) is 13.6. The molecule has 1 aromatic heterocycles. The molecular formula is C18H15N3O2S. The van der Waals surface area contributed by atoms with Crippen molar-refractivity contribution in [2.24, 2.45) is 5.10 Å². The van der Waals surface area contributed by atoms with Crippen molar-refractivity contribution in [3.8, 4) is 0 Å². The van der Waals surface area contributed by atoms with E-state index in [2.05, 4.69) is 15.5 Å². The Bertz CT molecular complexity index is 839. The number of nitrogens with one attached hydrogen (secondary N) is 1. The van der Waals surface area contributed by atoms with E-state index in [1.54, 1.807) is 6.08 Å². The number of carbonyl (C=O) groups is 1. The van der Waals surface area contributed by atoms with Crippen LogP contribution in [0.2, 0.25) is 0 Å². The maximum atomic E-state index is 11.7. The van der Waals surface area contributed by atoms with Crippen LogP contribution < -0.4 is 5.43 Å². The van der Waals surface area contributed by atoms with Gasteiger partial charge in [-0.05, 0) is 23.8 Å². The molecule has 3 rings (SSSR count). The van der Waals surface area contributed by atoms with Crippen molar-refractivity contribution in [2.45, 2.75) is 5.22 Å². The first-order valence-corrected chi connectivity index (χ1v) is 8.32. The van der Waals surface area contributed by atoms with Crippen LogP contribution in [0.5, 0.6) is 0 Å². The van der Waals surface area contributed by atoms with Gasteiger partial charge < -0.3 is 4.42 Å². The molecule has 0 spiro atoms. The average Bonchev–Trinajstić information content (AvgIpc) is 3.03. The van der Waals surface area contributed by atoms with E-state index in [0.29, 0.717) is 10.8 Å². The Morgan fingerprint density at radius 2 is 1.96 bits per heavy atom. The van der Waals surface area contributed by atoms with Crippen molar-refractivity contribution in [1.82, 2.24) is 10.4 Å². The van der Waals surface area contributed by atoms with E-state index in [9.17, 15) is 4.79 Å². The molecule has 0 radical (unpaired) electrons. The minimum absolute atomic E-state index is 0.187. The second kappa shape index (κ2) is 8.12. The van der Waals surface area contributed by atoms with E-state index in [0.717, 1.165) is 11.1 Å². The maximum absolute atomic E-state index is 11.7. The lowest BCUT2D eigenvalue weighted by atomic mass is 10.2. The molecule has 0 aliphatic heterocycles. The summed E-state index contributed by atoms with van der Waals surface area (Å²) in [4.78, 5) is 16.0. The van der Waals surface area contributed by atoms with Crippen LogP contribution in [-0.4, -0.2) is 22.9 Å². The van der Waals surface area contributed by atoms with Gasteiger partial charge >= 0.3 is 0 Å². The van der Waals surface area contributed by atoms with Gasteiger partial charge in [-0.3, -0.25) is 4.79 Å². The molecule has 1 heterocycles. The second-order valence-corrected chi connectivity index (χ2v) is 5.75. The molecule has 0 aliphatic carbocycles. The summed E-state index contributed by atoms with van der Waals surface area (Å²) in [6, 6.07) is 17.3. The van der Waals surface area contributed by atoms with Gasteiger partial charge in [0.25, 0.3) is 11.1 Å². The fourth-order valence-electron chi connectivity index (χ4n) is 1.94. The maximum Gasteiger partial charge on any atom is 0.257 e. The van der Waals surface area contributed by atoms with Crippen LogP contribution in [-0.2, 0) is 4.79 Å². The molecule has 2 aromatic carbocycles. The van der Waals surface area contributed by atoms with Crippen molar-refractivity contribution in [1.29, 1.82) is 0 Å². The average molecular weight is 337 g/mol. The van der Waals surface area contributed by atoms with Crippen LogP contribution in [0.25, 0.3) is 17.2 Å². The van der Waals surface area contributed by atoms with Crippen LogP contribution in [0.1, 0.15) is 5.56 Å². The van der Waals surface area contributed by atoms with Gasteiger partial charge in [-0.1, -0.05) is 60.3 Å². The number of nitrogens with zero attached hydrogens (tertiary/aromatic N) is 2. The summed E-state index contributed by atoms with van der Waals surface area (Å²) in [7, 11) is 0. The number of hydrogen-bond donors (Lipinski definition) is 1. The van der Waals surface area contributed by atoms with Gasteiger partial charge in [-0.2, -0.15) is 5.10 Å². The van der Waals surface area contributed by atoms with Crippen molar-refractivity contribution in [3.05, 3.63) is 66.2 Å². The normalized spacial score (nSPS) is 11.5. The van der Waals surface area contributed by atoms with Gasteiger partial charge in [-0.15, -0.1) is 0 Å². The molecule has 3 aromatic rings. The molecule has 0 saturated heterocycles. The Morgan fingerprint density at radius 1 is 1.17 bits per heavy atom. The number of aromatic nitrogens is 1. The van der Waals surface area contributed by atoms with E-state index in [-0.39, 0.29) is 11.7 Å². The summed E-state index contributed by atoms with van der Waals surface area (Å²) < 4.78 is 5.53. The molecule has 6 heteroatoms. The third-order valence-corrected chi connectivity index (χ3v) is 3.87. The second-order valence-electron chi connectivity index (χ2n) is 4.82. The Balaban J connectivity index is 1.44. The third-order valence-electron chi connectivity index (χ3n) is 3.04. The van der Waals surface area contributed by atoms with Crippen molar-refractivity contribution in [3.63, 3.8) is 0 Å². The first-order chi connectivity index (χ1) is 11.8. The predicted octanol–water partition coefficient (Wildman–Crippen LogP) is 3.74. The number of carbonyl (C=O) groups excluding carboxylic acids is 1. The molecule has 0 atom stereocenters. The standard InChI is InChI=1S/C18H15N3O2S/c22-17(21-19-12-6-9-14-7-2-1-3-8-14)13-24-18-20-15-10-4-5-11-16(15)23-18/h1-12H,13H2,(H,21,22)/b9-6+,19-12-. The lowest BCUT2D eigenvalue weighted by molar-refractivity contribution is -0.118. The van der Waals surface area contributed by atoms with Crippen LogP contribution in [0.4, 0.5) is 0 Å². The molecule has 1 amide bonds. The highest BCUT2D eigenvalue weighted by Crippen LogP contribution is 2.22. The quantitative estimate of drug-likeness (QED) is 0.423. The molecule has 1 N–H and O–H groups in total. The van der Waals surface area contributed by atoms with E-state index in [4.69, 9.17) is 4.42 Å². The third kappa shape index (κ3) is 4.57. The Morgan fingerprint density at radius 3 is 2.79 bits per heavy atom. The number of thioether (sulfide) groups is 1. The monoisotopic (exact) mass is 337 g/mol. The minimum atomic E-state index is -0.216. The highest BCUT2D eigenvalue weighted by molar-refractivity contribution is 7.99. The summed E-state index contributed by atoms with van der Waals surface area (Å²) in [5.41, 5.74) is 5.03. The number of hydrogen-bond acceptors (Lipinski definition) is 5. The Kier molecular flexibility index (Phi) is 5.42. The number of benzene rings is 2. The predicted molar refractivity (Wildman–Crippen MR) is 96.8 cm³/mol. The molecule has 0 unspecified atom stereocenters. The summed E-state index contributed by atoms with van der Waals surface area (Å²) in [6.45, 7) is 0. The Hall–Kier alpha value is -2.86. The molecule has 120 valence electrons. The van der Waals surface area contributed by atoms with E-state index >= 15 is 0 Å². The zero-order valence-electron chi connectivity index (χ0n) is 12.8. The van der Waals surface area contributed by atoms with Crippen molar-refractivity contribution in [2.75, 3.05) is 5.75 Å². The van der Waals surface area contributed by atoms with E-state index in [1.807, 2.05) is 60.7 Å². The number of rotatable bonds is 6. The van der Waals surface area contributed by atoms with Gasteiger partial charge in [0.2, 0.25) is 0 Å². The van der Waals surface area contributed by atoms with Crippen molar-refractivity contribution >= 4 is 41.1 Å². The smallest absolute Gasteiger partial charge is 0.257 e. The molecule has 5 nitrogen and oxygen atoms in total. The van der Waals surface area contributed by atoms with E-state index in [1.165, 1.54) is 18.0 Å². The summed E-state index contributed by atoms with van der Waals surface area (Å²) in [5, 5.41) is 4.34. The SMILES string of the molecule is O=C(CSc1nc2ccccc2o1)N/N=C\C=C\c1ccccc1. The molecule has 0 fully saturated rings. The molecule has 0 bridgehead atoms. The number of oxazole rings is 1. The van der Waals surface area contributed by atoms with Gasteiger partial charge in [0.15, 0.2) is 5.58 Å². The first kappa shape index (κ1) is 16.0.